The fourth-order valence-corrected chi connectivity index (χ4v) is 5.98. The maximum absolute atomic E-state index is 13.7. The molecule has 3 fully saturated rings. The monoisotopic (exact) mass is 438 g/mol. The van der Waals surface area contributed by atoms with Crippen LogP contribution in [0.5, 0.6) is 0 Å². The van der Waals surface area contributed by atoms with Gasteiger partial charge in [-0.3, -0.25) is 14.4 Å². The summed E-state index contributed by atoms with van der Waals surface area (Å²) in [6, 6.07) is -0.828. The molecule has 176 valence electrons. The Morgan fingerprint density at radius 1 is 1.29 bits per heavy atom. The first-order valence-electron chi connectivity index (χ1n) is 11.7. The summed E-state index contributed by atoms with van der Waals surface area (Å²) in [6.45, 7) is 10.3. The highest BCUT2D eigenvalue weighted by atomic mass is 16.6. The SMILES string of the molecule is CCOC(=O)[C@H]1[C@H]2C(=O)N(CCCCCCO)C(C(=O)NC(C)C)C23CC(C)[C@]1(C)O3. The smallest absolute Gasteiger partial charge is 0.312 e. The highest BCUT2D eigenvalue weighted by Crippen LogP contribution is 2.65. The molecule has 0 aromatic rings. The lowest BCUT2D eigenvalue weighted by Crippen LogP contribution is -2.56. The fraction of sp³-hybridized carbons (Fsp3) is 0.870. The van der Waals surface area contributed by atoms with Crippen molar-refractivity contribution in [2.45, 2.75) is 90.0 Å². The summed E-state index contributed by atoms with van der Waals surface area (Å²) >= 11 is 0. The van der Waals surface area contributed by atoms with E-state index in [9.17, 15) is 14.4 Å². The van der Waals surface area contributed by atoms with Gasteiger partial charge in [0.1, 0.15) is 17.6 Å². The zero-order valence-electron chi connectivity index (χ0n) is 19.5. The van der Waals surface area contributed by atoms with Crippen LogP contribution in [0, 0.1) is 17.8 Å². The average Bonchev–Trinajstić information content (AvgIpc) is 3.18. The van der Waals surface area contributed by atoms with Crippen LogP contribution in [-0.2, 0) is 23.9 Å². The predicted molar refractivity (Wildman–Crippen MR) is 114 cm³/mol. The topological polar surface area (TPSA) is 105 Å². The van der Waals surface area contributed by atoms with Crippen LogP contribution in [0.15, 0.2) is 0 Å². The Morgan fingerprint density at radius 2 is 1.97 bits per heavy atom. The minimum absolute atomic E-state index is 0.0183. The van der Waals surface area contributed by atoms with E-state index < -0.39 is 35.0 Å². The van der Waals surface area contributed by atoms with E-state index in [4.69, 9.17) is 14.6 Å². The molecule has 3 unspecified atom stereocenters. The molecule has 3 aliphatic rings. The Balaban J connectivity index is 1.95. The van der Waals surface area contributed by atoms with Gasteiger partial charge in [0, 0.05) is 19.2 Å². The van der Waals surface area contributed by atoms with Gasteiger partial charge in [0.15, 0.2) is 0 Å². The summed E-state index contributed by atoms with van der Waals surface area (Å²) in [7, 11) is 0. The number of hydrogen-bond acceptors (Lipinski definition) is 6. The van der Waals surface area contributed by atoms with Crippen molar-refractivity contribution in [2.75, 3.05) is 19.8 Å². The molecule has 3 saturated heterocycles. The molecule has 6 atom stereocenters. The Bertz CT molecular complexity index is 712. The van der Waals surface area contributed by atoms with Crippen LogP contribution >= 0.6 is 0 Å². The minimum atomic E-state index is -1.01. The maximum atomic E-state index is 13.7. The zero-order valence-corrected chi connectivity index (χ0v) is 19.5. The number of esters is 1. The van der Waals surface area contributed by atoms with Gasteiger partial charge in [0.2, 0.25) is 11.8 Å². The molecule has 1 spiro atoms. The van der Waals surface area contributed by atoms with Crippen molar-refractivity contribution in [3.8, 4) is 0 Å². The highest BCUT2D eigenvalue weighted by molar-refractivity contribution is 5.98. The minimum Gasteiger partial charge on any atom is -0.466 e. The number of rotatable bonds is 10. The van der Waals surface area contributed by atoms with Crippen LogP contribution in [-0.4, -0.2) is 70.8 Å². The normalized spacial score (nSPS) is 36.2. The number of carbonyl (C=O) groups excluding carboxylic acids is 3. The van der Waals surface area contributed by atoms with Crippen LogP contribution in [0.1, 0.15) is 66.7 Å². The van der Waals surface area contributed by atoms with Gasteiger partial charge in [-0.15, -0.1) is 0 Å². The van der Waals surface area contributed by atoms with Gasteiger partial charge in [-0.1, -0.05) is 19.8 Å². The fourth-order valence-electron chi connectivity index (χ4n) is 5.98. The van der Waals surface area contributed by atoms with Crippen molar-refractivity contribution in [2.24, 2.45) is 17.8 Å². The van der Waals surface area contributed by atoms with Crippen LogP contribution in [0.25, 0.3) is 0 Å². The molecule has 2 bridgehead atoms. The molecule has 8 heteroatoms. The average molecular weight is 439 g/mol. The van der Waals surface area contributed by atoms with Gasteiger partial charge >= 0.3 is 5.97 Å². The number of aliphatic hydroxyl groups excluding tert-OH is 1. The first-order valence-corrected chi connectivity index (χ1v) is 11.7. The number of fused-ring (bicyclic) bond motifs is 1. The van der Waals surface area contributed by atoms with E-state index in [1.807, 2.05) is 27.7 Å². The second-order valence-electron chi connectivity index (χ2n) is 9.79. The van der Waals surface area contributed by atoms with Gasteiger partial charge in [0.25, 0.3) is 0 Å². The lowest BCUT2D eigenvalue weighted by Gasteiger charge is -2.35. The number of aliphatic hydroxyl groups is 1. The maximum Gasteiger partial charge on any atom is 0.312 e. The number of carbonyl (C=O) groups is 3. The van der Waals surface area contributed by atoms with Gasteiger partial charge in [-0.2, -0.15) is 0 Å². The second-order valence-corrected chi connectivity index (χ2v) is 9.79. The number of hydrogen-bond donors (Lipinski definition) is 2. The number of ether oxygens (including phenoxy) is 2. The van der Waals surface area contributed by atoms with E-state index in [1.54, 1.807) is 11.8 Å². The molecule has 0 aromatic heterocycles. The van der Waals surface area contributed by atoms with Crippen LogP contribution in [0.3, 0.4) is 0 Å². The molecule has 2 amide bonds. The summed E-state index contributed by atoms with van der Waals surface area (Å²) < 4.78 is 11.9. The zero-order chi connectivity index (χ0) is 23.0. The Hall–Kier alpha value is -1.67. The number of nitrogens with one attached hydrogen (secondary N) is 1. The van der Waals surface area contributed by atoms with Gasteiger partial charge in [-0.25, -0.2) is 0 Å². The Morgan fingerprint density at radius 3 is 2.58 bits per heavy atom. The number of unbranched alkanes of at least 4 members (excludes halogenated alkanes) is 3. The summed E-state index contributed by atoms with van der Waals surface area (Å²) in [5.74, 6) is -2.21. The van der Waals surface area contributed by atoms with Crippen molar-refractivity contribution >= 4 is 17.8 Å². The first kappa shape index (κ1) is 24.0. The van der Waals surface area contributed by atoms with E-state index in [0.29, 0.717) is 13.0 Å². The third-order valence-electron chi connectivity index (χ3n) is 7.34. The molecule has 0 saturated carbocycles. The lowest BCUT2D eigenvalue weighted by molar-refractivity contribution is -0.161. The summed E-state index contributed by atoms with van der Waals surface area (Å²) in [4.78, 5) is 41.6. The third kappa shape index (κ3) is 3.86. The summed E-state index contributed by atoms with van der Waals surface area (Å²) in [5, 5.41) is 12.0. The van der Waals surface area contributed by atoms with E-state index in [1.165, 1.54) is 0 Å². The molecular weight excluding hydrogens is 400 g/mol. The molecule has 0 aliphatic carbocycles. The molecular formula is C23H38N2O6. The van der Waals surface area contributed by atoms with Crippen LogP contribution < -0.4 is 5.32 Å². The standard InChI is InChI=1S/C23H38N2O6/c1-6-30-21(29)17-16-20(28)25(11-9-7-8-10-12-26)18(19(27)24-14(2)3)23(16)13-15(4)22(17,5)31-23/h14-18,26H,6-13H2,1-5H3,(H,24,27)/t15?,16-,17+,18?,22-,23?/m0/s1. The molecule has 3 heterocycles. The molecule has 2 N–H and O–H groups in total. The molecule has 3 rings (SSSR count). The number of amides is 2. The van der Waals surface area contributed by atoms with Crippen molar-refractivity contribution < 1.29 is 29.0 Å². The van der Waals surface area contributed by atoms with Crippen LogP contribution in [0.4, 0.5) is 0 Å². The van der Waals surface area contributed by atoms with Crippen LogP contribution in [0.2, 0.25) is 0 Å². The van der Waals surface area contributed by atoms with Crippen molar-refractivity contribution in [1.29, 1.82) is 0 Å². The largest absolute Gasteiger partial charge is 0.466 e. The first-order chi connectivity index (χ1) is 14.6. The predicted octanol–water partition coefficient (Wildman–Crippen LogP) is 1.64. The summed E-state index contributed by atoms with van der Waals surface area (Å²) in [6.07, 6.45) is 3.75. The van der Waals surface area contributed by atoms with Crippen molar-refractivity contribution in [3.05, 3.63) is 0 Å². The molecule has 0 aromatic carbocycles. The number of nitrogens with zero attached hydrogens (tertiary/aromatic N) is 1. The lowest BCUT2D eigenvalue weighted by atomic mass is 9.62. The number of likely N-dealkylation sites (tertiary alicyclic amines) is 1. The van der Waals surface area contributed by atoms with Gasteiger partial charge in [-0.05, 0) is 52.9 Å². The molecule has 8 nitrogen and oxygen atoms in total. The van der Waals surface area contributed by atoms with Gasteiger partial charge in [0.05, 0.1) is 18.1 Å². The molecule has 0 radical (unpaired) electrons. The highest BCUT2D eigenvalue weighted by Gasteiger charge is 2.80. The van der Waals surface area contributed by atoms with Gasteiger partial charge < -0.3 is 24.8 Å². The van der Waals surface area contributed by atoms with E-state index in [0.717, 1.165) is 25.7 Å². The second kappa shape index (κ2) is 9.06. The van der Waals surface area contributed by atoms with E-state index >= 15 is 0 Å². The Labute approximate surface area is 185 Å². The Kier molecular flexibility index (Phi) is 7.01. The molecule has 31 heavy (non-hydrogen) atoms. The summed E-state index contributed by atoms with van der Waals surface area (Å²) in [5.41, 5.74) is -1.83. The molecule has 3 aliphatic heterocycles. The van der Waals surface area contributed by atoms with Crippen molar-refractivity contribution in [1.82, 2.24) is 10.2 Å². The quantitative estimate of drug-likeness (QED) is 0.397. The third-order valence-corrected chi connectivity index (χ3v) is 7.34. The van der Waals surface area contributed by atoms with E-state index in [-0.39, 0.29) is 37.0 Å². The van der Waals surface area contributed by atoms with E-state index in [2.05, 4.69) is 5.32 Å². The van der Waals surface area contributed by atoms with Crippen molar-refractivity contribution in [3.63, 3.8) is 0 Å².